The van der Waals surface area contributed by atoms with Gasteiger partial charge >= 0.3 is 5.97 Å². The van der Waals surface area contributed by atoms with E-state index in [9.17, 15) is 9.59 Å². The molecule has 7 heteroatoms. The molecule has 1 atom stereocenters. The molecule has 2 heterocycles. The molecule has 0 radical (unpaired) electrons. The zero-order chi connectivity index (χ0) is 18.0. The number of hydrogen-bond acceptors (Lipinski definition) is 5. The molecule has 0 saturated carbocycles. The van der Waals surface area contributed by atoms with Gasteiger partial charge in [0.15, 0.2) is 0 Å². The number of pyridine rings is 1. The molecule has 0 aliphatic heterocycles. The molecule has 1 aromatic carbocycles. The van der Waals surface area contributed by atoms with E-state index in [1.54, 1.807) is 0 Å². The van der Waals surface area contributed by atoms with E-state index in [1.807, 2.05) is 37.3 Å². The number of carbonyl (C=O) groups is 1. The Labute approximate surface area is 143 Å². The van der Waals surface area contributed by atoms with Crippen LogP contribution in [0.25, 0.3) is 11.6 Å². The minimum absolute atomic E-state index is 0.0108. The Bertz CT molecular complexity index is 960. The number of aromatic carboxylic acids is 1. The van der Waals surface area contributed by atoms with E-state index in [1.165, 1.54) is 17.7 Å². The van der Waals surface area contributed by atoms with E-state index >= 15 is 0 Å². The van der Waals surface area contributed by atoms with Crippen molar-refractivity contribution in [2.24, 2.45) is 7.05 Å². The summed E-state index contributed by atoms with van der Waals surface area (Å²) in [6.07, 6.45) is 0.733. The van der Waals surface area contributed by atoms with Crippen molar-refractivity contribution < 1.29 is 14.3 Å². The topological polar surface area (TPSA) is 98.2 Å². The van der Waals surface area contributed by atoms with Crippen LogP contribution in [-0.2, 0) is 13.5 Å². The first kappa shape index (κ1) is 16.6. The van der Waals surface area contributed by atoms with E-state index in [0.29, 0.717) is 5.89 Å². The standard InChI is InChI=1S/C18H17N3O4/c1-11(8-12-6-4-3-5-7-12)16-19-20-17(25-16)14-9-13(18(23)24)10-15(22)21(14)2/h3-7,9-11H,8H2,1-2H3,(H,23,24). The van der Waals surface area contributed by atoms with Gasteiger partial charge in [-0.15, -0.1) is 10.2 Å². The fourth-order valence-electron chi connectivity index (χ4n) is 2.56. The van der Waals surface area contributed by atoms with Crippen LogP contribution in [0.15, 0.2) is 51.7 Å². The fourth-order valence-corrected chi connectivity index (χ4v) is 2.56. The lowest BCUT2D eigenvalue weighted by Crippen LogP contribution is -2.19. The summed E-state index contributed by atoms with van der Waals surface area (Å²) >= 11 is 0. The maximum atomic E-state index is 11.9. The number of carboxylic acid groups (broad SMARTS) is 1. The Hall–Kier alpha value is -3.22. The average Bonchev–Trinajstić information content (AvgIpc) is 3.08. The molecule has 0 spiro atoms. The molecule has 2 aromatic heterocycles. The number of hydrogen-bond donors (Lipinski definition) is 1. The average molecular weight is 339 g/mol. The zero-order valence-corrected chi connectivity index (χ0v) is 13.8. The van der Waals surface area contributed by atoms with Crippen LogP contribution in [0.3, 0.4) is 0 Å². The van der Waals surface area contributed by atoms with E-state index in [-0.39, 0.29) is 23.1 Å². The van der Waals surface area contributed by atoms with Gasteiger partial charge in [0, 0.05) is 19.0 Å². The highest BCUT2D eigenvalue weighted by Gasteiger charge is 2.19. The van der Waals surface area contributed by atoms with E-state index in [2.05, 4.69) is 10.2 Å². The number of carboxylic acids is 1. The molecule has 25 heavy (non-hydrogen) atoms. The first-order chi connectivity index (χ1) is 12.0. The molecular weight excluding hydrogens is 322 g/mol. The molecule has 0 fully saturated rings. The predicted molar refractivity (Wildman–Crippen MR) is 90.5 cm³/mol. The van der Waals surface area contributed by atoms with Crippen LogP contribution in [0.4, 0.5) is 0 Å². The van der Waals surface area contributed by atoms with Crippen LogP contribution >= 0.6 is 0 Å². The monoisotopic (exact) mass is 339 g/mol. The quantitative estimate of drug-likeness (QED) is 0.767. The first-order valence-corrected chi connectivity index (χ1v) is 7.77. The lowest BCUT2D eigenvalue weighted by molar-refractivity contribution is 0.0696. The molecule has 0 aliphatic carbocycles. The number of nitrogens with zero attached hydrogens (tertiary/aromatic N) is 3. The predicted octanol–water partition coefficient (Wildman–Crippen LogP) is 2.48. The molecule has 0 saturated heterocycles. The first-order valence-electron chi connectivity index (χ1n) is 7.77. The third-order valence-corrected chi connectivity index (χ3v) is 3.98. The van der Waals surface area contributed by atoms with Gasteiger partial charge in [-0.1, -0.05) is 37.3 Å². The fraction of sp³-hybridized carbons (Fsp3) is 0.222. The van der Waals surface area contributed by atoms with Gasteiger partial charge in [0.2, 0.25) is 5.89 Å². The van der Waals surface area contributed by atoms with Crippen molar-refractivity contribution in [1.82, 2.24) is 14.8 Å². The Balaban J connectivity index is 1.91. The Morgan fingerprint density at radius 1 is 1.24 bits per heavy atom. The zero-order valence-electron chi connectivity index (χ0n) is 13.8. The van der Waals surface area contributed by atoms with Crippen LogP contribution in [-0.4, -0.2) is 25.8 Å². The van der Waals surface area contributed by atoms with Crippen LogP contribution in [0.2, 0.25) is 0 Å². The highest BCUT2D eigenvalue weighted by atomic mass is 16.4. The summed E-state index contributed by atoms with van der Waals surface area (Å²) in [6, 6.07) is 12.3. The van der Waals surface area contributed by atoms with Gasteiger partial charge in [-0.05, 0) is 18.1 Å². The Morgan fingerprint density at radius 2 is 1.96 bits per heavy atom. The summed E-state index contributed by atoms with van der Waals surface area (Å²) < 4.78 is 6.98. The van der Waals surface area contributed by atoms with Crippen LogP contribution in [0, 0.1) is 0 Å². The Morgan fingerprint density at radius 3 is 2.64 bits per heavy atom. The molecule has 7 nitrogen and oxygen atoms in total. The van der Waals surface area contributed by atoms with Crippen LogP contribution in [0.5, 0.6) is 0 Å². The van der Waals surface area contributed by atoms with Gasteiger partial charge in [0.25, 0.3) is 11.4 Å². The highest BCUT2D eigenvalue weighted by molar-refractivity contribution is 5.88. The second-order valence-corrected chi connectivity index (χ2v) is 5.87. The summed E-state index contributed by atoms with van der Waals surface area (Å²) in [5, 5.41) is 17.2. The largest absolute Gasteiger partial charge is 0.478 e. The maximum Gasteiger partial charge on any atom is 0.335 e. The third-order valence-electron chi connectivity index (χ3n) is 3.98. The van der Waals surface area contributed by atoms with E-state index in [4.69, 9.17) is 9.52 Å². The van der Waals surface area contributed by atoms with E-state index in [0.717, 1.165) is 18.1 Å². The molecule has 0 amide bonds. The summed E-state index contributed by atoms with van der Waals surface area (Å²) in [6.45, 7) is 1.97. The molecule has 0 bridgehead atoms. The molecule has 0 aliphatic rings. The van der Waals surface area contributed by atoms with Crippen molar-refractivity contribution in [1.29, 1.82) is 0 Å². The minimum Gasteiger partial charge on any atom is -0.478 e. The lowest BCUT2D eigenvalue weighted by atomic mass is 10.0. The molecule has 3 aromatic rings. The number of aromatic nitrogens is 3. The van der Waals surface area contributed by atoms with Crippen molar-refractivity contribution in [3.05, 3.63) is 69.8 Å². The van der Waals surface area contributed by atoms with Crippen LogP contribution < -0.4 is 5.56 Å². The number of benzene rings is 1. The summed E-state index contributed by atoms with van der Waals surface area (Å²) in [4.78, 5) is 23.1. The minimum atomic E-state index is -1.18. The maximum absolute atomic E-state index is 11.9. The van der Waals surface area contributed by atoms with Crippen molar-refractivity contribution >= 4 is 5.97 Å². The van der Waals surface area contributed by atoms with Gasteiger partial charge in [0.05, 0.1) is 5.56 Å². The van der Waals surface area contributed by atoms with Crippen molar-refractivity contribution in [2.75, 3.05) is 0 Å². The molecule has 1 unspecified atom stereocenters. The van der Waals surface area contributed by atoms with Crippen LogP contribution in [0.1, 0.15) is 34.7 Å². The van der Waals surface area contributed by atoms with E-state index < -0.39 is 11.5 Å². The normalized spacial score (nSPS) is 12.1. The third kappa shape index (κ3) is 3.50. The van der Waals surface area contributed by atoms with Gasteiger partial charge in [0.1, 0.15) is 5.69 Å². The molecular formula is C18H17N3O4. The van der Waals surface area contributed by atoms with Gasteiger partial charge in [-0.3, -0.25) is 4.79 Å². The smallest absolute Gasteiger partial charge is 0.335 e. The second kappa shape index (κ2) is 6.72. The second-order valence-electron chi connectivity index (χ2n) is 5.87. The SMILES string of the molecule is CC(Cc1ccccc1)c1nnc(-c2cc(C(=O)O)cc(=O)n2C)o1. The summed E-state index contributed by atoms with van der Waals surface area (Å²) in [7, 11) is 1.53. The summed E-state index contributed by atoms with van der Waals surface area (Å²) in [5.41, 5.74) is 0.854. The van der Waals surface area contributed by atoms with Gasteiger partial charge in [-0.25, -0.2) is 4.79 Å². The van der Waals surface area contributed by atoms with Crippen molar-refractivity contribution in [2.45, 2.75) is 19.3 Å². The van der Waals surface area contributed by atoms with Crippen molar-refractivity contribution in [3.63, 3.8) is 0 Å². The lowest BCUT2D eigenvalue weighted by Gasteiger charge is -2.07. The van der Waals surface area contributed by atoms with Crippen molar-refractivity contribution in [3.8, 4) is 11.6 Å². The summed E-state index contributed by atoms with van der Waals surface area (Å²) in [5.74, 6) is -0.635. The molecule has 128 valence electrons. The molecule has 3 rings (SSSR count). The van der Waals surface area contributed by atoms with Gasteiger partial charge in [-0.2, -0.15) is 0 Å². The van der Waals surface area contributed by atoms with Gasteiger partial charge < -0.3 is 14.1 Å². The Kier molecular flexibility index (Phi) is 4.47. The molecule has 1 N–H and O–H groups in total. The highest BCUT2D eigenvalue weighted by Crippen LogP contribution is 2.23. The number of rotatable bonds is 5.